The molecule has 0 atom stereocenters. The number of carbonyl (C=O) groups excluding carboxylic acids is 2. The topological polar surface area (TPSA) is 108 Å². The molecule has 0 aliphatic carbocycles. The zero-order chi connectivity index (χ0) is 26.7. The number of nitriles is 1. The molecule has 0 unspecified atom stereocenters. The number of hydrogen-bond acceptors (Lipinski definition) is 5. The van der Waals surface area contributed by atoms with Gasteiger partial charge in [0, 0.05) is 23.7 Å². The molecule has 0 fully saturated rings. The maximum atomic E-state index is 13.0. The predicted octanol–water partition coefficient (Wildman–Crippen LogP) is 5.81. The third-order valence-electron chi connectivity index (χ3n) is 6.16. The molecule has 7 nitrogen and oxygen atoms in total. The third-order valence-corrected chi connectivity index (χ3v) is 6.16. The average molecular weight is 495 g/mol. The monoisotopic (exact) mass is 494 g/mol. The molecule has 0 aliphatic rings. The summed E-state index contributed by atoms with van der Waals surface area (Å²) in [6.07, 6.45) is 1.55. The highest BCUT2D eigenvalue weighted by Crippen LogP contribution is 2.37. The Bertz CT molecular complexity index is 1530. The van der Waals surface area contributed by atoms with Crippen LogP contribution in [-0.4, -0.2) is 29.4 Å². The van der Waals surface area contributed by atoms with Gasteiger partial charge in [-0.25, -0.2) is 4.98 Å². The van der Waals surface area contributed by atoms with Gasteiger partial charge in [-0.05, 0) is 51.0 Å². The van der Waals surface area contributed by atoms with Crippen molar-refractivity contribution in [3.63, 3.8) is 0 Å². The van der Waals surface area contributed by atoms with Gasteiger partial charge in [0.1, 0.15) is 11.3 Å². The van der Waals surface area contributed by atoms with Crippen LogP contribution in [0.3, 0.4) is 0 Å². The Kier molecular flexibility index (Phi) is 7.12. The highest BCUT2D eigenvalue weighted by atomic mass is 16.3. The Balaban J connectivity index is 1.90. The molecule has 2 aromatic heterocycles. The summed E-state index contributed by atoms with van der Waals surface area (Å²) in [5, 5.41) is 15.4. The van der Waals surface area contributed by atoms with Crippen LogP contribution in [0.4, 0.5) is 0 Å². The van der Waals surface area contributed by atoms with Crippen molar-refractivity contribution in [2.75, 3.05) is 7.05 Å². The second-order valence-electron chi connectivity index (χ2n) is 9.61. The molecule has 37 heavy (non-hydrogen) atoms. The number of furan rings is 1. The van der Waals surface area contributed by atoms with Crippen LogP contribution < -0.4 is 10.6 Å². The van der Waals surface area contributed by atoms with E-state index in [1.807, 2.05) is 43.3 Å². The van der Waals surface area contributed by atoms with Gasteiger partial charge in [-0.1, -0.05) is 55.3 Å². The first-order valence-electron chi connectivity index (χ1n) is 12.3. The van der Waals surface area contributed by atoms with Crippen molar-refractivity contribution >= 4 is 22.9 Å². The largest absolute Gasteiger partial charge is 0.437 e. The molecule has 0 spiro atoms. The van der Waals surface area contributed by atoms with Gasteiger partial charge in [0.2, 0.25) is 5.71 Å². The first-order valence-corrected chi connectivity index (χ1v) is 12.3. The van der Waals surface area contributed by atoms with Crippen LogP contribution in [0.15, 0.2) is 59.0 Å². The molecule has 0 saturated heterocycles. The fourth-order valence-corrected chi connectivity index (χ4v) is 4.21. The standard InChI is InChI=1S/C30H30N4O3/c1-6-8-24-22(20-9-7-10-21(15-20)27(35)34-30(3,4)17-31)16-23-25(28(36)32-5)26(37-29(23)33-24)19-13-11-18(2)12-14-19/h7,9-16H,6,8H2,1-5H3,(H,32,36)(H,34,35). The van der Waals surface area contributed by atoms with Gasteiger partial charge >= 0.3 is 0 Å². The van der Waals surface area contributed by atoms with E-state index in [0.29, 0.717) is 34.4 Å². The molecule has 188 valence electrons. The number of hydrogen-bond donors (Lipinski definition) is 2. The second-order valence-corrected chi connectivity index (χ2v) is 9.61. The van der Waals surface area contributed by atoms with Crippen molar-refractivity contribution in [3.8, 4) is 28.5 Å². The number of aryl methyl sites for hydroxylation is 2. The molecule has 2 N–H and O–H groups in total. The number of nitrogens with one attached hydrogen (secondary N) is 2. The molecule has 7 heteroatoms. The van der Waals surface area contributed by atoms with E-state index in [1.54, 1.807) is 39.1 Å². The Hall–Kier alpha value is -4.44. The third kappa shape index (κ3) is 5.24. The van der Waals surface area contributed by atoms with Gasteiger partial charge in [-0.3, -0.25) is 9.59 Å². The lowest BCUT2D eigenvalue weighted by Crippen LogP contribution is -2.42. The van der Waals surface area contributed by atoms with Crippen molar-refractivity contribution in [1.82, 2.24) is 15.6 Å². The minimum Gasteiger partial charge on any atom is -0.437 e. The molecule has 4 rings (SSSR count). The lowest BCUT2D eigenvalue weighted by atomic mass is 9.96. The lowest BCUT2D eigenvalue weighted by molar-refractivity contribution is 0.0927. The fraction of sp³-hybridized carbons (Fsp3) is 0.267. The number of nitrogens with zero attached hydrogens (tertiary/aromatic N) is 2. The summed E-state index contributed by atoms with van der Waals surface area (Å²) in [6, 6.07) is 19.0. The number of aromatic nitrogens is 1. The molecule has 2 amide bonds. The van der Waals surface area contributed by atoms with Gasteiger partial charge in [0.15, 0.2) is 0 Å². The summed E-state index contributed by atoms with van der Waals surface area (Å²) in [5.74, 6) is -0.138. The lowest BCUT2D eigenvalue weighted by Gasteiger charge is -2.18. The van der Waals surface area contributed by atoms with Crippen molar-refractivity contribution in [2.45, 2.75) is 46.1 Å². The normalized spacial score (nSPS) is 11.2. The molecule has 0 aliphatic heterocycles. The molecular formula is C30H30N4O3. The zero-order valence-corrected chi connectivity index (χ0v) is 21.7. The molecule has 0 radical (unpaired) electrons. The first kappa shape index (κ1) is 25.6. The fourth-order valence-electron chi connectivity index (χ4n) is 4.21. The Morgan fingerprint density at radius 3 is 2.43 bits per heavy atom. The summed E-state index contributed by atoms with van der Waals surface area (Å²) in [4.78, 5) is 30.7. The van der Waals surface area contributed by atoms with E-state index in [-0.39, 0.29) is 11.8 Å². The number of amides is 2. The molecule has 2 aromatic carbocycles. The van der Waals surface area contributed by atoms with E-state index in [1.165, 1.54) is 0 Å². The zero-order valence-electron chi connectivity index (χ0n) is 21.7. The van der Waals surface area contributed by atoms with E-state index in [9.17, 15) is 14.9 Å². The Morgan fingerprint density at radius 1 is 1.05 bits per heavy atom. The Labute approximate surface area is 216 Å². The molecule has 4 aromatic rings. The molecular weight excluding hydrogens is 464 g/mol. The summed E-state index contributed by atoms with van der Waals surface area (Å²) in [5.41, 5.74) is 4.58. The number of pyridine rings is 1. The van der Waals surface area contributed by atoms with Crippen LogP contribution in [0, 0.1) is 18.3 Å². The van der Waals surface area contributed by atoms with Crippen LogP contribution in [0.2, 0.25) is 0 Å². The van der Waals surface area contributed by atoms with Gasteiger partial charge in [0.25, 0.3) is 11.8 Å². The highest BCUT2D eigenvalue weighted by molar-refractivity contribution is 6.11. The van der Waals surface area contributed by atoms with E-state index in [0.717, 1.165) is 34.4 Å². The number of benzene rings is 2. The molecule has 0 saturated carbocycles. The van der Waals surface area contributed by atoms with Gasteiger partial charge < -0.3 is 15.1 Å². The maximum absolute atomic E-state index is 13.0. The van der Waals surface area contributed by atoms with Crippen molar-refractivity contribution in [3.05, 3.63) is 77.0 Å². The SMILES string of the molecule is CCCc1nc2oc(-c3ccc(C)cc3)c(C(=O)NC)c2cc1-c1cccc(C(=O)NC(C)(C)C#N)c1. The van der Waals surface area contributed by atoms with E-state index >= 15 is 0 Å². The summed E-state index contributed by atoms with van der Waals surface area (Å²) in [7, 11) is 1.59. The van der Waals surface area contributed by atoms with Crippen molar-refractivity contribution in [2.24, 2.45) is 0 Å². The van der Waals surface area contributed by atoms with Crippen LogP contribution in [0.5, 0.6) is 0 Å². The summed E-state index contributed by atoms with van der Waals surface area (Å²) in [6.45, 7) is 7.37. The first-order chi connectivity index (χ1) is 17.7. The minimum absolute atomic E-state index is 0.267. The van der Waals surface area contributed by atoms with Crippen molar-refractivity contribution in [1.29, 1.82) is 5.26 Å². The second kappa shape index (κ2) is 10.3. The molecule has 2 heterocycles. The highest BCUT2D eigenvalue weighted by Gasteiger charge is 2.25. The maximum Gasteiger partial charge on any atom is 0.255 e. The van der Waals surface area contributed by atoms with Crippen LogP contribution in [-0.2, 0) is 6.42 Å². The molecule has 0 bridgehead atoms. The minimum atomic E-state index is -0.994. The quantitative estimate of drug-likeness (QED) is 0.337. The number of rotatable bonds is 7. The van der Waals surface area contributed by atoms with Gasteiger partial charge in [0.05, 0.1) is 22.7 Å². The van der Waals surface area contributed by atoms with Gasteiger partial charge in [-0.2, -0.15) is 5.26 Å². The predicted molar refractivity (Wildman–Crippen MR) is 144 cm³/mol. The van der Waals surface area contributed by atoms with Crippen molar-refractivity contribution < 1.29 is 14.0 Å². The average Bonchev–Trinajstić information content (AvgIpc) is 3.26. The van der Waals surface area contributed by atoms with Crippen LogP contribution in [0.1, 0.15) is 59.2 Å². The van der Waals surface area contributed by atoms with Crippen LogP contribution >= 0.6 is 0 Å². The van der Waals surface area contributed by atoms with E-state index in [4.69, 9.17) is 9.40 Å². The van der Waals surface area contributed by atoms with E-state index in [2.05, 4.69) is 23.6 Å². The number of fused-ring (bicyclic) bond motifs is 1. The Morgan fingerprint density at radius 2 is 1.78 bits per heavy atom. The number of carbonyl (C=O) groups is 2. The summed E-state index contributed by atoms with van der Waals surface area (Å²) < 4.78 is 6.19. The summed E-state index contributed by atoms with van der Waals surface area (Å²) >= 11 is 0. The van der Waals surface area contributed by atoms with E-state index < -0.39 is 5.54 Å². The van der Waals surface area contributed by atoms with Crippen LogP contribution in [0.25, 0.3) is 33.6 Å². The van der Waals surface area contributed by atoms with Gasteiger partial charge in [-0.15, -0.1) is 0 Å². The smallest absolute Gasteiger partial charge is 0.255 e.